The van der Waals surface area contributed by atoms with Gasteiger partial charge >= 0.3 is 12.3 Å². The number of carbonyl (C=O) groups excluding carboxylic acids is 1. The molecule has 0 saturated heterocycles. The first-order valence-corrected chi connectivity index (χ1v) is 13.5. The van der Waals surface area contributed by atoms with E-state index in [-0.39, 0.29) is 23.5 Å². The van der Waals surface area contributed by atoms with E-state index in [9.17, 15) is 35.3 Å². The van der Waals surface area contributed by atoms with Crippen LogP contribution in [0.2, 0.25) is 0 Å². The van der Waals surface area contributed by atoms with Gasteiger partial charge in [0.25, 0.3) is 0 Å². The van der Waals surface area contributed by atoms with Crippen LogP contribution in [0, 0.1) is 22.2 Å². The normalized spacial score (nSPS) is 13.4. The number of benzene rings is 2. The largest absolute Gasteiger partial charge is 0.444 e. The number of hydrogen-bond acceptors (Lipinski definition) is 7. The fourth-order valence-electron chi connectivity index (χ4n) is 3.41. The predicted molar refractivity (Wildman–Crippen MR) is 136 cm³/mol. The highest BCUT2D eigenvalue weighted by Gasteiger charge is 2.31. The maximum atomic E-state index is 14.3. The molecule has 216 valence electrons. The molecule has 3 N–H and O–H groups in total. The number of alkyl carbamates (subject to hydrolysis) is 1. The lowest BCUT2D eigenvalue weighted by Gasteiger charge is -2.19. The predicted octanol–water partition coefficient (Wildman–Crippen LogP) is 6.39. The van der Waals surface area contributed by atoms with Gasteiger partial charge in [0.15, 0.2) is 5.82 Å². The van der Waals surface area contributed by atoms with Crippen molar-refractivity contribution in [3.8, 4) is 11.3 Å². The van der Waals surface area contributed by atoms with E-state index in [2.05, 4.69) is 20.6 Å². The Bertz CT molecular complexity index is 1510. The summed E-state index contributed by atoms with van der Waals surface area (Å²) in [7, 11) is -3.50. The number of carbonyl (C=O) groups is 1. The number of alkyl halides is 3. The number of nitrogens with zero attached hydrogens (tertiary/aromatic N) is 2. The second-order valence-corrected chi connectivity index (χ2v) is 12.0. The second kappa shape index (κ2) is 11.7. The van der Waals surface area contributed by atoms with Gasteiger partial charge in [0.1, 0.15) is 22.9 Å². The van der Waals surface area contributed by atoms with Crippen LogP contribution >= 0.6 is 0 Å². The summed E-state index contributed by atoms with van der Waals surface area (Å²) in [5.41, 5.74) is -3.24. The molecule has 0 radical (unpaired) electrons. The molecule has 0 saturated carbocycles. The minimum absolute atomic E-state index is 0.124. The molecule has 1 heterocycles. The minimum Gasteiger partial charge on any atom is -0.444 e. The van der Waals surface area contributed by atoms with Crippen molar-refractivity contribution in [2.75, 3.05) is 17.6 Å². The van der Waals surface area contributed by atoms with Gasteiger partial charge in [0, 0.05) is 29.6 Å². The van der Waals surface area contributed by atoms with E-state index < -0.39 is 73.6 Å². The topological polar surface area (TPSA) is 117 Å². The summed E-state index contributed by atoms with van der Waals surface area (Å²) in [4.78, 5) is 19.2. The highest BCUT2D eigenvalue weighted by molar-refractivity contribution is 7.91. The Morgan fingerprint density at radius 1 is 1.05 bits per heavy atom. The van der Waals surface area contributed by atoms with Crippen LogP contribution in [-0.4, -0.2) is 38.2 Å². The van der Waals surface area contributed by atoms with Gasteiger partial charge in [0.2, 0.25) is 5.95 Å². The molecular weight excluding hydrogens is 564 g/mol. The molecule has 0 spiro atoms. The molecule has 8 nitrogen and oxygen atoms in total. The molecule has 1 amide bonds. The zero-order chi connectivity index (χ0) is 29.9. The number of amides is 1. The summed E-state index contributed by atoms with van der Waals surface area (Å²) in [6, 6.07) is 4.95. The summed E-state index contributed by atoms with van der Waals surface area (Å²) in [6.45, 7) is 4.70. The summed E-state index contributed by atoms with van der Waals surface area (Å²) in [6.07, 6.45) is -4.96. The van der Waals surface area contributed by atoms with E-state index in [0.717, 1.165) is 18.2 Å². The van der Waals surface area contributed by atoms with Gasteiger partial charge < -0.3 is 15.4 Å². The van der Waals surface area contributed by atoms with Crippen molar-refractivity contribution in [3.63, 3.8) is 0 Å². The number of ether oxygens (including phenoxy) is 1. The molecule has 0 bridgehead atoms. The molecule has 1 unspecified atom stereocenters. The molecule has 2 aromatic carbocycles. The average Bonchev–Trinajstić information content (AvgIpc) is 2.78. The van der Waals surface area contributed by atoms with E-state index in [1.807, 2.05) is 0 Å². The van der Waals surface area contributed by atoms with Crippen LogP contribution in [0.25, 0.3) is 11.3 Å². The van der Waals surface area contributed by atoms with Crippen LogP contribution in [0.1, 0.15) is 31.9 Å². The molecule has 0 aliphatic heterocycles. The Morgan fingerprint density at radius 2 is 1.75 bits per heavy atom. The lowest BCUT2D eigenvalue weighted by Crippen LogP contribution is -2.35. The molecule has 15 heteroatoms. The minimum atomic E-state index is -4.82. The van der Waals surface area contributed by atoms with Crippen LogP contribution < -0.4 is 10.6 Å². The highest BCUT2D eigenvalue weighted by Crippen LogP contribution is 2.33. The van der Waals surface area contributed by atoms with Crippen molar-refractivity contribution in [1.29, 1.82) is 4.78 Å². The van der Waals surface area contributed by atoms with Gasteiger partial charge in [-0.1, -0.05) is 0 Å². The molecule has 3 rings (SSSR count). The SMILES string of the molecule is CC(C)(C)OC(=O)NCCS(=N)(=O)Cc1cc(Nc2ncc(F)c(-c3ccc(F)cc3F)n2)cc(C(F)(F)F)c1. The van der Waals surface area contributed by atoms with Gasteiger partial charge in [-0.3, -0.25) is 4.78 Å². The molecule has 1 atom stereocenters. The third-order valence-corrected chi connectivity index (χ3v) is 6.67. The van der Waals surface area contributed by atoms with E-state index in [1.165, 1.54) is 6.07 Å². The van der Waals surface area contributed by atoms with Crippen LogP contribution in [0.15, 0.2) is 42.6 Å². The zero-order valence-electron chi connectivity index (χ0n) is 21.5. The molecule has 0 aliphatic carbocycles. The van der Waals surface area contributed by atoms with Gasteiger partial charge in [-0.2, -0.15) is 13.2 Å². The van der Waals surface area contributed by atoms with E-state index >= 15 is 0 Å². The molecule has 40 heavy (non-hydrogen) atoms. The summed E-state index contributed by atoms with van der Waals surface area (Å²) in [5.74, 6) is -4.43. The summed E-state index contributed by atoms with van der Waals surface area (Å²) >= 11 is 0. The van der Waals surface area contributed by atoms with Gasteiger partial charge in [0.05, 0.1) is 27.2 Å². The van der Waals surface area contributed by atoms with Crippen molar-refractivity contribution in [3.05, 3.63) is 71.2 Å². The fraction of sp³-hybridized carbons (Fsp3) is 0.320. The quantitative estimate of drug-likeness (QED) is 0.262. The first-order chi connectivity index (χ1) is 18.4. The van der Waals surface area contributed by atoms with Crippen LogP contribution in [0.4, 0.5) is 42.8 Å². The standard InChI is InChI=1S/C25H25F6N5O3S/c1-24(2,3)39-23(37)33-6-7-40(32,38)13-14-8-15(25(29,30)31)10-17(9-14)35-22-34-12-20(28)21(36-22)18-5-4-16(26)11-19(18)27/h4-5,8-12,32H,6-7,13H2,1-3H3,(H,33,37)(H,34,35,36). The van der Waals surface area contributed by atoms with Crippen molar-refractivity contribution in [1.82, 2.24) is 15.3 Å². The lowest BCUT2D eigenvalue weighted by atomic mass is 10.1. The first kappa shape index (κ1) is 30.7. The van der Waals surface area contributed by atoms with E-state index in [0.29, 0.717) is 18.3 Å². The second-order valence-electron chi connectivity index (χ2n) is 9.64. The third-order valence-electron chi connectivity index (χ3n) is 5.01. The van der Waals surface area contributed by atoms with Crippen molar-refractivity contribution in [2.45, 2.75) is 38.3 Å². The third kappa shape index (κ3) is 8.83. The van der Waals surface area contributed by atoms with Crippen molar-refractivity contribution < 1.29 is 40.1 Å². The van der Waals surface area contributed by atoms with Gasteiger partial charge in [-0.25, -0.2) is 32.1 Å². The number of aromatic nitrogens is 2. The lowest BCUT2D eigenvalue weighted by molar-refractivity contribution is -0.137. The maximum Gasteiger partial charge on any atom is 0.416 e. The Kier molecular flexibility index (Phi) is 8.97. The molecular formula is C25H25F6N5O3S. The Labute approximate surface area is 226 Å². The van der Waals surface area contributed by atoms with Gasteiger partial charge in [-0.15, -0.1) is 0 Å². The van der Waals surface area contributed by atoms with E-state index in [1.54, 1.807) is 20.8 Å². The maximum absolute atomic E-state index is 14.3. The van der Waals surface area contributed by atoms with E-state index in [4.69, 9.17) is 9.52 Å². The number of anilines is 2. The molecule has 0 aliphatic rings. The number of rotatable bonds is 8. The van der Waals surface area contributed by atoms with Crippen LogP contribution in [0.3, 0.4) is 0 Å². The monoisotopic (exact) mass is 589 g/mol. The van der Waals surface area contributed by atoms with Crippen LogP contribution in [0.5, 0.6) is 0 Å². The van der Waals surface area contributed by atoms with Gasteiger partial charge in [-0.05, 0) is 56.7 Å². The summed E-state index contributed by atoms with van der Waals surface area (Å²) < 4.78 is 109. The Balaban J connectivity index is 1.84. The molecule has 1 aromatic heterocycles. The smallest absolute Gasteiger partial charge is 0.416 e. The Hall–Kier alpha value is -3.88. The zero-order valence-corrected chi connectivity index (χ0v) is 22.3. The fourth-order valence-corrected chi connectivity index (χ4v) is 4.69. The molecule has 3 aromatic rings. The Morgan fingerprint density at radius 3 is 2.38 bits per heavy atom. The highest BCUT2D eigenvalue weighted by atomic mass is 32.2. The number of hydrogen-bond donors (Lipinski definition) is 3. The number of nitrogens with one attached hydrogen (secondary N) is 3. The summed E-state index contributed by atoms with van der Waals surface area (Å²) in [5, 5.41) is 4.82. The van der Waals surface area contributed by atoms with Crippen LogP contribution in [-0.2, 0) is 26.4 Å². The first-order valence-electron chi connectivity index (χ1n) is 11.6. The molecule has 0 fully saturated rings. The number of halogens is 6. The average molecular weight is 590 g/mol. The van der Waals surface area contributed by atoms with Crippen molar-refractivity contribution in [2.24, 2.45) is 0 Å². The van der Waals surface area contributed by atoms with Crippen molar-refractivity contribution >= 4 is 27.5 Å².